The van der Waals surface area contributed by atoms with Crippen molar-refractivity contribution in [1.29, 1.82) is 0 Å². The van der Waals surface area contributed by atoms with Crippen molar-refractivity contribution >= 4 is 23.8 Å². The molecule has 2 unspecified atom stereocenters. The average Bonchev–Trinajstić information content (AvgIpc) is 3.32. The first-order chi connectivity index (χ1) is 16.9. The molecule has 2 N–H and O–H groups in total. The van der Waals surface area contributed by atoms with Crippen molar-refractivity contribution in [2.24, 2.45) is 4.99 Å². The van der Waals surface area contributed by atoms with Crippen LogP contribution in [0.3, 0.4) is 0 Å². The summed E-state index contributed by atoms with van der Waals surface area (Å²) >= 11 is 1.62. The lowest BCUT2D eigenvalue weighted by Gasteiger charge is -2.16. The van der Waals surface area contributed by atoms with E-state index in [1.165, 1.54) is 5.57 Å². The molecule has 0 saturated heterocycles. The van der Waals surface area contributed by atoms with Gasteiger partial charge in [0, 0.05) is 6.08 Å². The van der Waals surface area contributed by atoms with Crippen LogP contribution in [0.5, 0.6) is 0 Å². The minimum atomic E-state index is -0.530. The highest BCUT2D eigenvalue weighted by atomic mass is 32.1. The van der Waals surface area contributed by atoms with Gasteiger partial charge in [0.25, 0.3) is 0 Å². The van der Waals surface area contributed by atoms with Crippen LogP contribution in [0, 0.1) is 0 Å². The van der Waals surface area contributed by atoms with E-state index in [2.05, 4.69) is 48.3 Å². The highest BCUT2D eigenvalue weighted by molar-refractivity contribution is 7.11. The van der Waals surface area contributed by atoms with Crippen LogP contribution in [0.2, 0.25) is 0 Å². The van der Waals surface area contributed by atoms with Crippen molar-refractivity contribution in [3.63, 3.8) is 0 Å². The zero-order valence-electron chi connectivity index (χ0n) is 22.3. The number of hydrogen-bond donors (Lipinski definition) is 2. The SMILES string of the molecule is C=N/C(=C\C(=C1\C=C(C)C=CC1)C(C)O)c1cccs1.CC.CNC1CCC=C(OC)C=C1OC. The summed E-state index contributed by atoms with van der Waals surface area (Å²) in [6.45, 7) is 11.5. The molecule has 0 aromatic carbocycles. The molecular formula is C29H42N2O3S. The third kappa shape index (κ3) is 9.84. The Balaban J connectivity index is 0.000000354. The molecule has 0 amide bonds. The second kappa shape index (κ2) is 16.9. The minimum absolute atomic E-state index is 0.300. The molecule has 2 aliphatic carbocycles. The lowest BCUT2D eigenvalue weighted by atomic mass is 9.94. The van der Waals surface area contributed by atoms with E-state index in [9.17, 15) is 5.11 Å². The molecular weight excluding hydrogens is 456 g/mol. The molecule has 1 aromatic heterocycles. The number of aliphatic imine (C=N–C) groups is 1. The number of nitrogens with one attached hydrogen (secondary N) is 1. The number of likely N-dealkylation sites (N-methyl/N-ethyl adjacent to an activating group) is 1. The quantitative estimate of drug-likeness (QED) is 0.405. The van der Waals surface area contributed by atoms with Gasteiger partial charge in [-0.05, 0) is 81.6 Å². The van der Waals surface area contributed by atoms with E-state index in [0.29, 0.717) is 6.04 Å². The summed E-state index contributed by atoms with van der Waals surface area (Å²) in [5.41, 5.74) is 4.05. The lowest BCUT2D eigenvalue weighted by Crippen LogP contribution is -2.27. The molecule has 192 valence electrons. The maximum Gasteiger partial charge on any atom is 0.118 e. The van der Waals surface area contributed by atoms with Crippen LogP contribution in [-0.4, -0.2) is 45.2 Å². The summed E-state index contributed by atoms with van der Waals surface area (Å²) in [7, 11) is 5.30. The Hall–Kier alpha value is -2.67. The van der Waals surface area contributed by atoms with Gasteiger partial charge >= 0.3 is 0 Å². The minimum Gasteiger partial charge on any atom is -0.499 e. The summed E-state index contributed by atoms with van der Waals surface area (Å²) in [6.07, 6.45) is 14.7. The molecule has 2 atom stereocenters. The number of ether oxygens (including phenoxy) is 2. The van der Waals surface area contributed by atoms with Crippen LogP contribution in [0.25, 0.3) is 5.70 Å². The predicted octanol–water partition coefficient (Wildman–Crippen LogP) is 6.83. The predicted molar refractivity (Wildman–Crippen MR) is 152 cm³/mol. The standard InChI is InChI=1S/C17H19NOS.C10H17NO2.C2H6/c1-12-6-4-7-14(10-12)15(13(2)19)11-16(18-3)17-8-5-9-20-17;1-11-9-6-4-5-8(12-2)7-10(9)13-3;1-2/h4-6,8-11,13,19H,3,7H2,1-2H3;5,7,9,11H,4,6H2,1-3H3;1-2H3/b15-14-,16-11-;;. The third-order valence-electron chi connectivity index (χ3n) is 5.43. The van der Waals surface area contributed by atoms with E-state index in [4.69, 9.17) is 9.47 Å². The molecule has 0 radical (unpaired) electrons. The van der Waals surface area contributed by atoms with Crippen molar-refractivity contribution in [2.75, 3.05) is 21.3 Å². The molecule has 0 spiro atoms. The summed E-state index contributed by atoms with van der Waals surface area (Å²) in [5, 5.41) is 15.3. The molecule has 2 aliphatic rings. The second-order valence-electron chi connectivity index (χ2n) is 7.80. The highest BCUT2D eigenvalue weighted by Gasteiger charge is 2.16. The Morgan fingerprint density at radius 2 is 2.03 bits per heavy atom. The maximum absolute atomic E-state index is 10.1. The normalized spacial score (nSPS) is 19.8. The van der Waals surface area contributed by atoms with Gasteiger partial charge in [0.2, 0.25) is 0 Å². The van der Waals surface area contributed by atoms with E-state index in [-0.39, 0.29) is 0 Å². The molecule has 1 aromatic rings. The first-order valence-corrected chi connectivity index (χ1v) is 13.0. The highest BCUT2D eigenvalue weighted by Crippen LogP contribution is 2.28. The summed E-state index contributed by atoms with van der Waals surface area (Å²) in [5.74, 6) is 1.82. The Morgan fingerprint density at radius 3 is 2.54 bits per heavy atom. The Kier molecular flexibility index (Phi) is 14.6. The number of aliphatic hydroxyl groups excluding tert-OH is 1. The summed E-state index contributed by atoms with van der Waals surface area (Å²) < 4.78 is 10.5. The lowest BCUT2D eigenvalue weighted by molar-refractivity contribution is 0.234. The summed E-state index contributed by atoms with van der Waals surface area (Å²) in [6, 6.07) is 4.30. The molecule has 0 fully saturated rings. The van der Waals surface area contributed by atoms with Gasteiger partial charge in [-0.15, -0.1) is 11.3 Å². The smallest absolute Gasteiger partial charge is 0.118 e. The molecule has 3 rings (SSSR count). The first kappa shape index (κ1) is 30.4. The fourth-order valence-electron chi connectivity index (χ4n) is 3.67. The Morgan fingerprint density at radius 1 is 1.29 bits per heavy atom. The molecule has 0 aliphatic heterocycles. The fourth-order valence-corrected chi connectivity index (χ4v) is 4.37. The first-order valence-electron chi connectivity index (χ1n) is 12.1. The largest absolute Gasteiger partial charge is 0.499 e. The van der Waals surface area contributed by atoms with Crippen molar-refractivity contribution < 1.29 is 14.6 Å². The Bertz CT molecular complexity index is 964. The summed E-state index contributed by atoms with van der Waals surface area (Å²) in [4.78, 5) is 5.17. The van der Waals surface area contributed by atoms with Crippen LogP contribution >= 0.6 is 11.3 Å². The van der Waals surface area contributed by atoms with Gasteiger partial charge in [0.15, 0.2) is 0 Å². The number of hydrogen-bond acceptors (Lipinski definition) is 6. The maximum atomic E-state index is 10.1. The van der Waals surface area contributed by atoms with E-state index in [1.54, 1.807) is 32.5 Å². The van der Waals surface area contributed by atoms with Crippen molar-refractivity contribution in [3.8, 4) is 0 Å². The van der Waals surface area contributed by atoms with Crippen LogP contribution in [0.15, 0.2) is 87.2 Å². The zero-order valence-corrected chi connectivity index (χ0v) is 23.1. The van der Waals surface area contributed by atoms with Gasteiger partial charge in [0.05, 0.1) is 36.9 Å². The Labute approximate surface area is 216 Å². The number of rotatable bonds is 7. The van der Waals surface area contributed by atoms with Crippen LogP contribution < -0.4 is 5.32 Å². The van der Waals surface area contributed by atoms with E-state index in [0.717, 1.165) is 52.5 Å². The van der Waals surface area contributed by atoms with Gasteiger partial charge < -0.3 is 19.9 Å². The molecule has 5 nitrogen and oxygen atoms in total. The van der Waals surface area contributed by atoms with Gasteiger partial charge in [-0.2, -0.15) is 0 Å². The monoisotopic (exact) mass is 498 g/mol. The topological polar surface area (TPSA) is 63.1 Å². The van der Waals surface area contributed by atoms with E-state index in [1.807, 2.05) is 50.6 Å². The molecule has 35 heavy (non-hydrogen) atoms. The zero-order chi connectivity index (χ0) is 26.2. The van der Waals surface area contributed by atoms with Gasteiger partial charge in [-0.1, -0.05) is 43.7 Å². The van der Waals surface area contributed by atoms with E-state index < -0.39 is 6.10 Å². The fraction of sp³-hybridized carbons (Fsp3) is 0.414. The number of nitrogens with zero attached hydrogens (tertiary/aromatic N) is 1. The molecule has 1 heterocycles. The van der Waals surface area contributed by atoms with E-state index >= 15 is 0 Å². The van der Waals surface area contributed by atoms with Gasteiger partial charge in [-0.25, -0.2) is 0 Å². The van der Waals surface area contributed by atoms with Crippen LogP contribution in [0.1, 0.15) is 51.8 Å². The molecule has 0 bridgehead atoms. The molecule has 0 saturated carbocycles. The van der Waals surface area contributed by atoms with Crippen molar-refractivity contribution in [1.82, 2.24) is 5.32 Å². The van der Waals surface area contributed by atoms with Crippen LogP contribution in [0.4, 0.5) is 0 Å². The number of thiophene rings is 1. The number of methoxy groups -OCH3 is 2. The van der Waals surface area contributed by atoms with Crippen molar-refractivity contribution in [2.45, 2.75) is 59.1 Å². The second-order valence-corrected chi connectivity index (χ2v) is 8.74. The number of allylic oxidation sites excluding steroid dienone is 7. The van der Waals surface area contributed by atoms with Crippen molar-refractivity contribution in [3.05, 3.63) is 87.1 Å². The third-order valence-corrected chi connectivity index (χ3v) is 6.32. The number of aliphatic hydroxyl groups is 1. The van der Waals surface area contributed by atoms with Crippen LogP contribution in [-0.2, 0) is 9.47 Å². The van der Waals surface area contributed by atoms with Gasteiger partial charge in [0.1, 0.15) is 11.5 Å². The van der Waals surface area contributed by atoms with Gasteiger partial charge in [-0.3, -0.25) is 4.99 Å². The average molecular weight is 499 g/mol. The molecule has 6 heteroatoms.